The first-order valence-corrected chi connectivity index (χ1v) is 11.5. The molecular weight excluding hydrogens is 390 g/mol. The van der Waals surface area contributed by atoms with Gasteiger partial charge in [-0.1, -0.05) is 0 Å². The lowest BCUT2D eigenvalue weighted by Gasteiger charge is -2.59. The third-order valence-electron chi connectivity index (χ3n) is 6.93. The van der Waals surface area contributed by atoms with Crippen LogP contribution in [0.5, 0.6) is 0 Å². The van der Waals surface area contributed by atoms with Crippen molar-refractivity contribution in [3.8, 4) is 0 Å². The van der Waals surface area contributed by atoms with Crippen LogP contribution in [0.4, 0.5) is 0 Å². The van der Waals surface area contributed by atoms with Gasteiger partial charge in [0, 0.05) is 26.1 Å². The summed E-state index contributed by atoms with van der Waals surface area (Å²) in [5.41, 5.74) is -1.09. The molecule has 0 spiro atoms. The van der Waals surface area contributed by atoms with Crippen LogP contribution in [-0.2, 0) is 28.5 Å². The van der Waals surface area contributed by atoms with E-state index in [1.165, 1.54) is 6.42 Å². The highest BCUT2D eigenvalue weighted by molar-refractivity contribution is 5.71. The van der Waals surface area contributed by atoms with E-state index in [0.717, 1.165) is 58.5 Å². The third-order valence-corrected chi connectivity index (χ3v) is 6.93. The van der Waals surface area contributed by atoms with Crippen LogP contribution in [0.3, 0.4) is 0 Å². The van der Waals surface area contributed by atoms with Crippen molar-refractivity contribution >= 4 is 5.97 Å². The number of morpholine rings is 1. The van der Waals surface area contributed by atoms with Crippen LogP contribution < -0.4 is 0 Å². The van der Waals surface area contributed by atoms with Crippen LogP contribution in [0, 0.1) is 11.8 Å². The second-order valence-corrected chi connectivity index (χ2v) is 9.57. The minimum atomic E-state index is -0.622. The van der Waals surface area contributed by atoms with Gasteiger partial charge in [0.1, 0.15) is 12.2 Å². The Balaban J connectivity index is 1.00. The zero-order valence-corrected chi connectivity index (χ0v) is 18.0. The number of rotatable bonds is 12. The molecule has 1 heterocycles. The molecule has 5 fully saturated rings. The summed E-state index contributed by atoms with van der Waals surface area (Å²) in [6, 6.07) is 0. The Kier molecular flexibility index (Phi) is 7.65. The fourth-order valence-electron chi connectivity index (χ4n) is 6.14. The molecular formula is C22H37NO7. The van der Waals surface area contributed by atoms with Crippen LogP contribution in [0.1, 0.15) is 38.5 Å². The number of hydrogen-bond acceptors (Lipinski definition) is 8. The Morgan fingerprint density at radius 1 is 0.933 bits per heavy atom. The van der Waals surface area contributed by atoms with Crippen molar-refractivity contribution in [2.45, 2.75) is 49.7 Å². The second kappa shape index (κ2) is 10.2. The molecule has 2 atom stereocenters. The van der Waals surface area contributed by atoms with E-state index >= 15 is 0 Å². The molecule has 0 aromatic heterocycles. The molecule has 4 aliphatic carbocycles. The van der Waals surface area contributed by atoms with Gasteiger partial charge in [-0.2, -0.15) is 0 Å². The fraction of sp³-hybridized carbons (Fsp3) is 0.955. The van der Waals surface area contributed by atoms with E-state index < -0.39 is 11.2 Å². The largest absolute Gasteiger partial charge is 0.457 e. The molecule has 4 saturated carbocycles. The summed E-state index contributed by atoms with van der Waals surface area (Å²) >= 11 is 0. The topological polar surface area (TPSA) is 86.7 Å². The number of ether oxygens (including phenoxy) is 5. The molecule has 5 rings (SSSR count). The average molecular weight is 428 g/mol. The highest BCUT2D eigenvalue weighted by atomic mass is 16.6. The maximum atomic E-state index is 12.3. The number of aliphatic hydroxyl groups is 1. The van der Waals surface area contributed by atoms with Crippen LogP contribution in [0.15, 0.2) is 0 Å². The van der Waals surface area contributed by atoms with E-state index in [2.05, 4.69) is 4.90 Å². The summed E-state index contributed by atoms with van der Waals surface area (Å²) in [6.07, 6.45) is 5.29. The molecule has 30 heavy (non-hydrogen) atoms. The molecule has 5 aliphatic rings. The van der Waals surface area contributed by atoms with E-state index in [4.69, 9.17) is 23.7 Å². The highest BCUT2D eigenvalue weighted by Gasteiger charge is 2.59. The Morgan fingerprint density at radius 3 is 2.23 bits per heavy atom. The van der Waals surface area contributed by atoms with Crippen molar-refractivity contribution in [3.05, 3.63) is 0 Å². The Labute approximate surface area is 179 Å². The van der Waals surface area contributed by atoms with Crippen LogP contribution in [0.25, 0.3) is 0 Å². The Morgan fingerprint density at radius 2 is 1.57 bits per heavy atom. The van der Waals surface area contributed by atoms with Gasteiger partial charge in [-0.25, -0.2) is 4.79 Å². The summed E-state index contributed by atoms with van der Waals surface area (Å²) in [5.74, 6) is 0.663. The van der Waals surface area contributed by atoms with Crippen molar-refractivity contribution in [2.24, 2.45) is 11.8 Å². The molecule has 172 valence electrons. The molecule has 8 nitrogen and oxygen atoms in total. The second-order valence-electron chi connectivity index (χ2n) is 9.57. The Hall–Kier alpha value is -0.770. The van der Waals surface area contributed by atoms with Crippen molar-refractivity contribution < 1.29 is 33.6 Å². The predicted molar refractivity (Wildman–Crippen MR) is 108 cm³/mol. The van der Waals surface area contributed by atoms with Gasteiger partial charge in [-0.3, -0.25) is 4.90 Å². The number of esters is 1. The molecule has 1 saturated heterocycles. The lowest BCUT2D eigenvalue weighted by molar-refractivity contribution is -0.222. The molecule has 0 radical (unpaired) electrons. The van der Waals surface area contributed by atoms with Crippen LogP contribution >= 0.6 is 0 Å². The van der Waals surface area contributed by atoms with Crippen LogP contribution in [-0.4, -0.2) is 99.7 Å². The maximum absolute atomic E-state index is 12.3. The summed E-state index contributed by atoms with van der Waals surface area (Å²) in [5, 5.41) is 10.7. The first-order valence-electron chi connectivity index (χ1n) is 11.5. The summed E-state index contributed by atoms with van der Waals surface area (Å²) in [6.45, 7) is 6.98. The lowest BCUT2D eigenvalue weighted by atomic mass is 9.52. The molecule has 1 N–H and O–H groups in total. The molecule has 0 aromatic carbocycles. The van der Waals surface area contributed by atoms with E-state index in [1.54, 1.807) is 0 Å². The van der Waals surface area contributed by atoms with Crippen molar-refractivity contribution in [1.82, 2.24) is 4.90 Å². The average Bonchev–Trinajstić information content (AvgIpc) is 2.68. The van der Waals surface area contributed by atoms with Crippen molar-refractivity contribution in [3.63, 3.8) is 0 Å². The maximum Gasteiger partial charge on any atom is 0.332 e. The molecule has 2 unspecified atom stereocenters. The third kappa shape index (κ3) is 6.14. The van der Waals surface area contributed by atoms with E-state index in [0.29, 0.717) is 51.3 Å². The molecule has 0 amide bonds. The van der Waals surface area contributed by atoms with Gasteiger partial charge in [-0.15, -0.1) is 0 Å². The van der Waals surface area contributed by atoms with Crippen molar-refractivity contribution in [1.29, 1.82) is 0 Å². The standard InChI is InChI=1S/C22H37NO7/c24-20(30-22-14-18-11-19(15-22)13-21(25,12-18)17-22)16-29-10-9-28-8-7-27-6-3-23-1-4-26-5-2-23/h18-19,25H,1-17H2. The molecule has 8 heteroatoms. The number of nitrogens with zero attached hydrogens (tertiary/aromatic N) is 1. The highest BCUT2D eigenvalue weighted by Crippen LogP contribution is 2.58. The quantitative estimate of drug-likeness (QED) is 0.365. The molecule has 0 aromatic rings. The summed E-state index contributed by atoms with van der Waals surface area (Å²) in [7, 11) is 0. The number of carbonyl (C=O) groups is 1. The smallest absolute Gasteiger partial charge is 0.332 e. The molecule has 4 bridgehead atoms. The lowest BCUT2D eigenvalue weighted by Crippen LogP contribution is -2.60. The first-order chi connectivity index (χ1) is 14.5. The van der Waals surface area contributed by atoms with E-state index in [1.807, 2.05) is 0 Å². The minimum absolute atomic E-state index is 0.0606. The van der Waals surface area contributed by atoms with Gasteiger partial charge in [0.15, 0.2) is 0 Å². The molecule has 1 aliphatic heterocycles. The van der Waals surface area contributed by atoms with Crippen LogP contribution in [0.2, 0.25) is 0 Å². The Bertz CT molecular complexity index is 552. The minimum Gasteiger partial charge on any atom is -0.457 e. The van der Waals surface area contributed by atoms with E-state index in [9.17, 15) is 9.90 Å². The van der Waals surface area contributed by atoms with Gasteiger partial charge in [0.2, 0.25) is 0 Å². The monoisotopic (exact) mass is 427 g/mol. The zero-order chi connectivity index (χ0) is 20.9. The van der Waals surface area contributed by atoms with Gasteiger partial charge in [-0.05, 0) is 43.9 Å². The summed E-state index contributed by atoms with van der Waals surface area (Å²) in [4.78, 5) is 14.6. The number of carbonyl (C=O) groups excluding carboxylic acids is 1. The van der Waals surface area contributed by atoms with Gasteiger partial charge in [0.05, 0.1) is 51.8 Å². The zero-order valence-electron chi connectivity index (χ0n) is 18.0. The van der Waals surface area contributed by atoms with E-state index in [-0.39, 0.29) is 12.6 Å². The van der Waals surface area contributed by atoms with Gasteiger partial charge in [0.25, 0.3) is 0 Å². The fourth-order valence-corrected chi connectivity index (χ4v) is 6.14. The van der Waals surface area contributed by atoms with Gasteiger partial charge >= 0.3 is 5.97 Å². The normalized spacial score (nSPS) is 35.6. The summed E-state index contributed by atoms with van der Waals surface area (Å²) < 4.78 is 27.6. The van der Waals surface area contributed by atoms with Gasteiger partial charge < -0.3 is 28.8 Å². The predicted octanol–water partition coefficient (Wildman–Crippen LogP) is 0.995. The first kappa shape index (κ1) is 22.4. The number of hydrogen-bond donors (Lipinski definition) is 1. The van der Waals surface area contributed by atoms with Crippen molar-refractivity contribution in [2.75, 3.05) is 72.5 Å². The SMILES string of the molecule is O=C(COCCOCCOCCN1CCOCC1)OC12CC3CC(CC(O)(C3)C1)C2.